The van der Waals surface area contributed by atoms with Gasteiger partial charge in [-0.25, -0.2) is 4.39 Å². The van der Waals surface area contributed by atoms with E-state index in [9.17, 15) is 4.39 Å². The van der Waals surface area contributed by atoms with Crippen molar-refractivity contribution in [2.75, 3.05) is 0 Å². The largest absolute Gasteiger partial charge is 0.216 e. The molecule has 0 bridgehead atoms. The summed E-state index contributed by atoms with van der Waals surface area (Å²) in [7, 11) is 0. The summed E-state index contributed by atoms with van der Waals surface area (Å²) in [6, 6.07) is 0. The Kier molecular flexibility index (Phi) is 3.59. The van der Waals surface area contributed by atoms with Crippen LogP contribution in [0.15, 0.2) is 24.1 Å². The van der Waals surface area contributed by atoms with Crippen molar-refractivity contribution in [2.45, 2.75) is 65.7 Å². The summed E-state index contributed by atoms with van der Waals surface area (Å²) in [6.07, 6.45) is 14.0. The van der Waals surface area contributed by atoms with E-state index in [0.717, 1.165) is 36.9 Å². The number of hydrogen-bond donors (Lipinski definition) is 0. The van der Waals surface area contributed by atoms with E-state index in [1.165, 1.54) is 32.1 Å². The van der Waals surface area contributed by atoms with Gasteiger partial charge in [0, 0.05) is 0 Å². The second-order valence-corrected chi connectivity index (χ2v) is 8.21. The molecule has 3 unspecified atom stereocenters. The minimum Gasteiger partial charge on any atom is -0.216 e. The minimum absolute atomic E-state index is 0.0561. The SMILES string of the molecule is CC1CCCC2(C)C1CC=C1C[C@@](C)(/C=C/F)CC[C@@H]12. The zero-order valence-corrected chi connectivity index (χ0v) is 13.3. The van der Waals surface area contributed by atoms with Crippen molar-refractivity contribution >= 4 is 0 Å². The molecule has 5 atom stereocenters. The van der Waals surface area contributed by atoms with Gasteiger partial charge in [-0.1, -0.05) is 45.3 Å². The summed E-state index contributed by atoms with van der Waals surface area (Å²) in [6.45, 7) is 7.23. The van der Waals surface area contributed by atoms with Crippen LogP contribution in [-0.4, -0.2) is 0 Å². The molecule has 0 aromatic rings. The summed E-state index contributed by atoms with van der Waals surface area (Å²) in [5.74, 6) is 2.53. The topological polar surface area (TPSA) is 0 Å². The third kappa shape index (κ3) is 2.18. The molecule has 0 amide bonds. The third-order valence-corrected chi connectivity index (χ3v) is 6.86. The Morgan fingerprint density at radius 3 is 2.80 bits per heavy atom. The highest BCUT2D eigenvalue weighted by Crippen LogP contribution is 2.60. The second-order valence-electron chi connectivity index (χ2n) is 8.21. The molecule has 0 N–H and O–H groups in total. The zero-order valence-electron chi connectivity index (χ0n) is 13.3. The van der Waals surface area contributed by atoms with E-state index in [-0.39, 0.29) is 5.41 Å². The average molecular weight is 276 g/mol. The highest BCUT2D eigenvalue weighted by molar-refractivity contribution is 5.24. The third-order valence-electron chi connectivity index (χ3n) is 6.86. The van der Waals surface area contributed by atoms with Crippen LogP contribution in [-0.2, 0) is 0 Å². The first-order valence-corrected chi connectivity index (χ1v) is 8.45. The molecule has 2 saturated carbocycles. The maximum absolute atomic E-state index is 12.6. The van der Waals surface area contributed by atoms with Crippen LogP contribution in [0.5, 0.6) is 0 Å². The fourth-order valence-electron chi connectivity index (χ4n) is 5.65. The van der Waals surface area contributed by atoms with Gasteiger partial charge in [-0.3, -0.25) is 0 Å². The molecule has 0 saturated heterocycles. The molecule has 0 radical (unpaired) electrons. The summed E-state index contributed by atoms with van der Waals surface area (Å²) < 4.78 is 12.6. The van der Waals surface area contributed by atoms with E-state index in [4.69, 9.17) is 0 Å². The second kappa shape index (κ2) is 5.00. The van der Waals surface area contributed by atoms with Crippen LogP contribution in [0.3, 0.4) is 0 Å². The molecule has 0 spiro atoms. The van der Waals surface area contributed by atoms with Crippen LogP contribution in [0.1, 0.15) is 65.7 Å². The Bertz CT molecular complexity index is 435. The quantitative estimate of drug-likeness (QED) is 0.511. The number of hydrogen-bond acceptors (Lipinski definition) is 0. The summed E-state index contributed by atoms with van der Waals surface area (Å²) >= 11 is 0. The van der Waals surface area contributed by atoms with Crippen LogP contribution < -0.4 is 0 Å². The molecule has 0 heterocycles. The Hall–Kier alpha value is -0.590. The van der Waals surface area contributed by atoms with E-state index in [1.54, 1.807) is 11.6 Å². The van der Waals surface area contributed by atoms with Crippen molar-refractivity contribution in [3.63, 3.8) is 0 Å². The standard InChI is InChI=1S/C19H29F/c1-14-5-4-9-19(3)16(14)7-6-15-13-18(2,11-12-20)10-8-17(15)19/h6,11-12,14,16-17H,4-5,7-10,13H2,1-3H3/b12-11+/t14?,16?,17-,18+,19?/m0/s1. The molecule has 20 heavy (non-hydrogen) atoms. The molecule has 0 nitrogen and oxygen atoms in total. The molecule has 0 aromatic heterocycles. The lowest BCUT2D eigenvalue weighted by Crippen LogP contribution is -2.46. The molecule has 112 valence electrons. The summed E-state index contributed by atoms with van der Waals surface area (Å²) in [5.41, 5.74) is 2.22. The highest BCUT2D eigenvalue weighted by Gasteiger charge is 2.50. The van der Waals surface area contributed by atoms with Crippen molar-refractivity contribution in [3.05, 3.63) is 24.1 Å². The lowest BCUT2D eigenvalue weighted by Gasteiger charge is -2.56. The van der Waals surface area contributed by atoms with Crippen LogP contribution in [0.25, 0.3) is 0 Å². The first-order chi connectivity index (χ1) is 9.48. The normalized spacial score (nSPS) is 48.6. The summed E-state index contributed by atoms with van der Waals surface area (Å²) in [4.78, 5) is 0. The van der Waals surface area contributed by atoms with E-state index >= 15 is 0 Å². The molecule has 3 aliphatic rings. The Labute approximate surface area is 123 Å². The minimum atomic E-state index is 0.0561. The first-order valence-electron chi connectivity index (χ1n) is 8.45. The number of allylic oxidation sites excluding steroid dienone is 3. The molecule has 3 aliphatic carbocycles. The maximum atomic E-state index is 12.6. The van der Waals surface area contributed by atoms with Crippen molar-refractivity contribution in [1.82, 2.24) is 0 Å². The van der Waals surface area contributed by atoms with Gasteiger partial charge < -0.3 is 0 Å². The van der Waals surface area contributed by atoms with E-state index < -0.39 is 0 Å². The van der Waals surface area contributed by atoms with Crippen LogP contribution in [0, 0.1) is 28.6 Å². The number of fused-ring (bicyclic) bond motifs is 3. The maximum Gasteiger partial charge on any atom is 0.0832 e. The van der Waals surface area contributed by atoms with Gasteiger partial charge >= 0.3 is 0 Å². The molecular weight excluding hydrogens is 247 g/mol. The fraction of sp³-hybridized carbons (Fsp3) is 0.789. The van der Waals surface area contributed by atoms with Gasteiger partial charge in [-0.2, -0.15) is 0 Å². The van der Waals surface area contributed by atoms with E-state index in [0.29, 0.717) is 5.41 Å². The molecule has 1 heteroatoms. The van der Waals surface area contributed by atoms with Gasteiger partial charge in [0.15, 0.2) is 0 Å². The smallest absolute Gasteiger partial charge is 0.0832 e. The lowest BCUT2D eigenvalue weighted by molar-refractivity contribution is -0.00431. The monoisotopic (exact) mass is 276 g/mol. The van der Waals surface area contributed by atoms with E-state index in [2.05, 4.69) is 26.8 Å². The van der Waals surface area contributed by atoms with Crippen LogP contribution >= 0.6 is 0 Å². The predicted molar refractivity (Wildman–Crippen MR) is 83.0 cm³/mol. The lowest BCUT2D eigenvalue weighted by atomic mass is 9.49. The van der Waals surface area contributed by atoms with Crippen molar-refractivity contribution in [1.29, 1.82) is 0 Å². The molecule has 0 aliphatic heterocycles. The van der Waals surface area contributed by atoms with Gasteiger partial charge in [0.2, 0.25) is 0 Å². The predicted octanol–water partition coefficient (Wildman–Crippen LogP) is 6.05. The molecular formula is C19H29F. The molecule has 3 rings (SSSR count). The van der Waals surface area contributed by atoms with Crippen molar-refractivity contribution in [2.24, 2.45) is 28.6 Å². The van der Waals surface area contributed by atoms with Crippen LogP contribution in [0.2, 0.25) is 0 Å². The Morgan fingerprint density at radius 1 is 1.25 bits per heavy atom. The van der Waals surface area contributed by atoms with Gasteiger partial charge in [-0.05, 0) is 66.8 Å². The van der Waals surface area contributed by atoms with E-state index in [1.807, 2.05) is 0 Å². The average Bonchev–Trinajstić information content (AvgIpc) is 2.38. The van der Waals surface area contributed by atoms with Gasteiger partial charge in [0.25, 0.3) is 0 Å². The Balaban J connectivity index is 1.88. The molecule has 0 aromatic carbocycles. The Morgan fingerprint density at radius 2 is 2.05 bits per heavy atom. The number of halogens is 1. The first kappa shape index (κ1) is 14.4. The zero-order chi connectivity index (χ0) is 14.4. The van der Waals surface area contributed by atoms with Crippen LogP contribution in [0.4, 0.5) is 4.39 Å². The highest BCUT2D eigenvalue weighted by atomic mass is 19.1. The summed E-state index contributed by atoms with van der Waals surface area (Å²) in [5, 5.41) is 0. The van der Waals surface area contributed by atoms with Gasteiger partial charge in [0.05, 0.1) is 6.33 Å². The number of rotatable bonds is 1. The fourth-order valence-corrected chi connectivity index (χ4v) is 5.65. The van der Waals surface area contributed by atoms with Gasteiger partial charge in [0.1, 0.15) is 0 Å². The van der Waals surface area contributed by atoms with Crippen molar-refractivity contribution < 1.29 is 4.39 Å². The van der Waals surface area contributed by atoms with Gasteiger partial charge in [-0.15, -0.1) is 0 Å². The molecule has 2 fully saturated rings. The van der Waals surface area contributed by atoms with Crippen molar-refractivity contribution in [3.8, 4) is 0 Å².